The SMILES string of the molecule is Cc1ccc(N2N=C(c3ccccc3)C(c3ccc(Cl)cc3)C23C(=O)c2ccccc2C3=O)cc1. The molecule has 1 atom stereocenters. The molecule has 4 aromatic rings. The largest absolute Gasteiger partial charge is 0.291 e. The quantitative estimate of drug-likeness (QED) is 0.318. The Labute approximate surface area is 208 Å². The fraction of sp³-hybridized carbons (Fsp3) is 0.100. The molecule has 1 heterocycles. The van der Waals surface area contributed by atoms with Crippen molar-refractivity contribution >= 4 is 34.6 Å². The van der Waals surface area contributed by atoms with Crippen molar-refractivity contribution in [1.82, 2.24) is 0 Å². The van der Waals surface area contributed by atoms with Crippen LogP contribution in [0, 0.1) is 6.92 Å². The summed E-state index contributed by atoms with van der Waals surface area (Å²) in [5.74, 6) is -1.11. The van der Waals surface area contributed by atoms with Gasteiger partial charge in [-0.3, -0.25) is 9.59 Å². The average molecular weight is 477 g/mol. The van der Waals surface area contributed by atoms with Crippen LogP contribution < -0.4 is 5.01 Å². The van der Waals surface area contributed by atoms with E-state index in [2.05, 4.69) is 0 Å². The van der Waals surface area contributed by atoms with Crippen LogP contribution in [0.15, 0.2) is 108 Å². The molecule has 5 heteroatoms. The molecule has 1 aliphatic carbocycles. The Bertz CT molecular complexity index is 1460. The van der Waals surface area contributed by atoms with Gasteiger partial charge < -0.3 is 0 Å². The molecule has 0 bridgehead atoms. The van der Waals surface area contributed by atoms with Crippen molar-refractivity contribution in [3.63, 3.8) is 0 Å². The Morgan fingerprint density at radius 1 is 0.743 bits per heavy atom. The number of fused-ring (bicyclic) bond motifs is 1. The third-order valence-electron chi connectivity index (χ3n) is 6.89. The number of rotatable bonds is 3. The number of carbonyl (C=O) groups excluding carboxylic acids is 2. The van der Waals surface area contributed by atoms with E-state index in [4.69, 9.17) is 16.7 Å². The van der Waals surface area contributed by atoms with Crippen LogP contribution in [0.1, 0.15) is 43.3 Å². The lowest BCUT2D eigenvalue weighted by molar-refractivity contribution is 0.0791. The highest BCUT2D eigenvalue weighted by molar-refractivity contribution is 6.39. The molecule has 35 heavy (non-hydrogen) atoms. The van der Waals surface area contributed by atoms with E-state index >= 15 is 0 Å². The number of hydrogen-bond acceptors (Lipinski definition) is 4. The van der Waals surface area contributed by atoms with Gasteiger partial charge in [-0.05, 0) is 42.3 Å². The summed E-state index contributed by atoms with van der Waals surface area (Å²) < 4.78 is 0. The number of aryl methyl sites for hydroxylation is 1. The molecule has 4 aromatic carbocycles. The van der Waals surface area contributed by atoms with E-state index in [1.165, 1.54) is 0 Å². The number of halogens is 1. The molecule has 0 saturated carbocycles. The Hall–Kier alpha value is -4.02. The number of anilines is 1. The first-order valence-electron chi connectivity index (χ1n) is 11.5. The molecule has 1 unspecified atom stereocenters. The van der Waals surface area contributed by atoms with E-state index in [0.29, 0.717) is 27.5 Å². The van der Waals surface area contributed by atoms with Crippen LogP contribution in [0.5, 0.6) is 0 Å². The van der Waals surface area contributed by atoms with Crippen LogP contribution in [-0.2, 0) is 0 Å². The second kappa shape index (κ2) is 8.03. The molecule has 4 nitrogen and oxygen atoms in total. The van der Waals surface area contributed by atoms with Gasteiger partial charge in [-0.15, -0.1) is 0 Å². The van der Waals surface area contributed by atoms with Gasteiger partial charge in [0.15, 0.2) is 11.6 Å². The molecule has 2 aliphatic rings. The molecule has 170 valence electrons. The lowest BCUT2D eigenvalue weighted by Crippen LogP contribution is -2.57. The highest BCUT2D eigenvalue weighted by atomic mass is 35.5. The van der Waals surface area contributed by atoms with Crippen LogP contribution in [0.2, 0.25) is 5.02 Å². The van der Waals surface area contributed by atoms with Crippen LogP contribution in [0.25, 0.3) is 0 Å². The molecular formula is C30H21ClN2O2. The van der Waals surface area contributed by atoms with Gasteiger partial charge in [-0.1, -0.05) is 96.0 Å². The highest BCUT2D eigenvalue weighted by Gasteiger charge is 2.66. The number of ketones is 2. The minimum atomic E-state index is -1.57. The van der Waals surface area contributed by atoms with Gasteiger partial charge in [0.05, 0.1) is 17.3 Å². The second-order valence-electron chi connectivity index (χ2n) is 8.95. The van der Waals surface area contributed by atoms with Crippen LogP contribution in [-0.4, -0.2) is 22.8 Å². The van der Waals surface area contributed by atoms with Crippen molar-refractivity contribution in [1.29, 1.82) is 0 Å². The normalized spacial score (nSPS) is 18.2. The summed E-state index contributed by atoms with van der Waals surface area (Å²) in [6.07, 6.45) is 0. The summed E-state index contributed by atoms with van der Waals surface area (Å²) in [6.45, 7) is 2.00. The predicted octanol–water partition coefficient (Wildman–Crippen LogP) is 6.47. The van der Waals surface area contributed by atoms with E-state index in [0.717, 1.165) is 16.7 Å². The Kier molecular flexibility index (Phi) is 4.94. The molecular weight excluding hydrogens is 456 g/mol. The molecule has 0 fully saturated rings. The Morgan fingerprint density at radius 2 is 1.31 bits per heavy atom. The number of nitrogens with zero attached hydrogens (tertiary/aromatic N) is 2. The van der Waals surface area contributed by atoms with Crippen molar-refractivity contribution in [2.24, 2.45) is 5.10 Å². The van der Waals surface area contributed by atoms with E-state index in [1.54, 1.807) is 41.4 Å². The van der Waals surface area contributed by atoms with Crippen LogP contribution in [0.4, 0.5) is 5.69 Å². The summed E-state index contributed by atoms with van der Waals surface area (Å²) in [4.78, 5) is 28.7. The molecule has 0 aromatic heterocycles. The topological polar surface area (TPSA) is 49.7 Å². The number of Topliss-reactive ketones (excluding diaryl/α,β-unsaturated/α-hetero) is 2. The Balaban J connectivity index is 1.67. The van der Waals surface area contributed by atoms with Crippen LogP contribution >= 0.6 is 11.6 Å². The summed E-state index contributed by atoms with van der Waals surface area (Å²) in [7, 11) is 0. The van der Waals surface area contributed by atoms with Gasteiger partial charge >= 0.3 is 0 Å². The van der Waals surface area contributed by atoms with Crippen molar-refractivity contribution < 1.29 is 9.59 Å². The molecule has 0 N–H and O–H groups in total. The zero-order chi connectivity index (χ0) is 24.2. The fourth-order valence-corrected chi connectivity index (χ4v) is 5.37. The lowest BCUT2D eigenvalue weighted by atomic mass is 9.72. The molecule has 0 amide bonds. The first-order valence-corrected chi connectivity index (χ1v) is 11.8. The second-order valence-corrected chi connectivity index (χ2v) is 9.39. The van der Waals surface area contributed by atoms with E-state index < -0.39 is 11.5 Å². The molecule has 0 radical (unpaired) electrons. The van der Waals surface area contributed by atoms with Gasteiger partial charge in [0.25, 0.3) is 0 Å². The number of hydrogen-bond donors (Lipinski definition) is 0. The van der Waals surface area contributed by atoms with E-state index in [9.17, 15) is 9.59 Å². The van der Waals surface area contributed by atoms with Crippen LogP contribution in [0.3, 0.4) is 0 Å². The average Bonchev–Trinajstić information content (AvgIpc) is 3.36. The van der Waals surface area contributed by atoms with Crippen molar-refractivity contribution in [3.05, 3.63) is 136 Å². The van der Waals surface area contributed by atoms with Crippen molar-refractivity contribution in [3.8, 4) is 0 Å². The fourth-order valence-electron chi connectivity index (χ4n) is 5.25. The van der Waals surface area contributed by atoms with Gasteiger partial charge in [0.2, 0.25) is 5.54 Å². The van der Waals surface area contributed by atoms with Gasteiger partial charge in [-0.2, -0.15) is 5.10 Å². The van der Waals surface area contributed by atoms with Gasteiger partial charge in [-0.25, -0.2) is 5.01 Å². The minimum Gasteiger partial charge on any atom is -0.291 e. The summed E-state index contributed by atoms with van der Waals surface area (Å²) in [5.41, 5.74) is 3.39. The third kappa shape index (κ3) is 3.10. The lowest BCUT2D eigenvalue weighted by Gasteiger charge is -2.36. The standard InChI is InChI=1S/C30H21ClN2O2/c1-19-11-17-23(18-12-19)33-30(28(34)24-9-5-6-10-25(24)29(30)35)26(20-13-15-22(31)16-14-20)27(32-33)21-7-3-2-4-8-21/h2-18,26H,1H3. The number of hydrazone groups is 1. The highest BCUT2D eigenvalue weighted by Crippen LogP contribution is 2.51. The minimum absolute atomic E-state index is 0.242. The maximum absolute atomic E-state index is 14.3. The van der Waals surface area contributed by atoms with Gasteiger partial charge in [0, 0.05) is 16.1 Å². The van der Waals surface area contributed by atoms with Crippen molar-refractivity contribution in [2.45, 2.75) is 18.4 Å². The smallest absolute Gasteiger partial charge is 0.201 e. The molecule has 0 saturated heterocycles. The zero-order valence-electron chi connectivity index (χ0n) is 19.0. The first kappa shape index (κ1) is 21.5. The number of benzene rings is 4. The third-order valence-corrected chi connectivity index (χ3v) is 7.15. The summed E-state index contributed by atoms with van der Waals surface area (Å²) >= 11 is 6.22. The maximum Gasteiger partial charge on any atom is 0.201 e. The van der Waals surface area contributed by atoms with Gasteiger partial charge in [0.1, 0.15) is 0 Å². The van der Waals surface area contributed by atoms with Crippen molar-refractivity contribution in [2.75, 3.05) is 5.01 Å². The maximum atomic E-state index is 14.3. The van der Waals surface area contributed by atoms with E-state index in [1.807, 2.05) is 73.7 Å². The number of carbonyl (C=O) groups is 2. The predicted molar refractivity (Wildman–Crippen MR) is 139 cm³/mol. The van der Waals surface area contributed by atoms with E-state index in [-0.39, 0.29) is 11.6 Å². The molecule has 6 rings (SSSR count). The summed E-state index contributed by atoms with van der Waals surface area (Å²) in [5, 5.41) is 7.27. The Morgan fingerprint density at radius 3 is 1.91 bits per heavy atom. The molecule has 1 spiro atoms. The zero-order valence-corrected chi connectivity index (χ0v) is 19.7. The summed E-state index contributed by atoms with van der Waals surface area (Å²) in [6, 6.07) is 31.9. The monoisotopic (exact) mass is 476 g/mol. The molecule has 1 aliphatic heterocycles. The first-order chi connectivity index (χ1) is 17.0.